The van der Waals surface area contributed by atoms with E-state index in [2.05, 4.69) is 32.4 Å². The zero-order chi connectivity index (χ0) is 10.8. The summed E-state index contributed by atoms with van der Waals surface area (Å²) in [6.07, 6.45) is 6.57. The molecule has 0 aliphatic heterocycles. The molecule has 1 N–H and O–H groups in total. The summed E-state index contributed by atoms with van der Waals surface area (Å²) in [5.41, 5.74) is 1.23. The van der Waals surface area contributed by atoms with Crippen molar-refractivity contribution in [3.8, 4) is 10.6 Å². The van der Waals surface area contributed by atoms with Crippen LogP contribution in [0.1, 0.15) is 12.8 Å². The third-order valence-electron chi connectivity index (χ3n) is 2.85. The Morgan fingerprint density at radius 2 is 2.44 bits per heavy atom. The van der Waals surface area contributed by atoms with Gasteiger partial charge in [0.05, 0.1) is 23.1 Å². The second-order valence-electron chi connectivity index (χ2n) is 4.18. The molecular formula is C12H15N3S. The minimum atomic E-state index is 0.786. The molecule has 16 heavy (non-hydrogen) atoms. The Morgan fingerprint density at radius 1 is 1.50 bits per heavy atom. The number of hydrogen-bond acceptors (Lipinski definition) is 3. The van der Waals surface area contributed by atoms with Gasteiger partial charge in [-0.15, -0.1) is 11.3 Å². The molecule has 4 heteroatoms. The molecule has 2 aromatic heterocycles. The van der Waals surface area contributed by atoms with E-state index in [1.165, 1.54) is 23.4 Å². The second kappa shape index (κ2) is 4.39. The van der Waals surface area contributed by atoms with Crippen LogP contribution in [0.25, 0.3) is 10.6 Å². The van der Waals surface area contributed by atoms with Crippen LogP contribution in [0.2, 0.25) is 0 Å². The first-order valence-corrected chi connectivity index (χ1v) is 6.59. The first kappa shape index (κ1) is 10.1. The van der Waals surface area contributed by atoms with Crippen molar-refractivity contribution in [1.29, 1.82) is 0 Å². The molecule has 0 radical (unpaired) electrons. The van der Waals surface area contributed by atoms with Crippen molar-refractivity contribution in [2.75, 3.05) is 6.54 Å². The highest BCUT2D eigenvalue weighted by atomic mass is 32.1. The number of hydrogen-bond donors (Lipinski definition) is 1. The first-order valence-electron chi connectivity index (χ1n) is 5.71. The van der Waals surface area contributed by atoms with Crippen molar-refractivity contribution < 1.29 is 0 Å². The molecule has 1 saturated carbocycles. The first-order chi connectivity index (χ1) is 7.93. The van der Waals surface area contributed by atoms with Crippen LogP contribution in [-0.4, -0.2) is 22.1 Å². The van der Waals surface area contributed by atoms with Gasteiger partial charge in [-0.3, -0.25) is 0 Å². The summed E-state index contributed by atoms with van der Waals surface area (Å²) in [4.78, 5) is 5.53. The van der Waals surface area contributed by atoms with Crippen molar-refractivity contribution in [3.05, 3.63) is 30.0 Å². The maximum absolute atomic E-state index is 4.23. The standard InChI is InChI=1S/C12H15N3S/c1-2-12(16-7-1)11-8-13-9-15(11)6-5-14-10-3-4-10/h1-2,7-10,14H,3-6H2. The molecule has 0 aromatic carbocycles. The Kier molecular flexibility index (Phi) is 2.76. The Balaban J connectivity index is 1.67. The average Bonchev–Trinajstić information content (AvgIpc) is 2.82. The Bertz CT molecular complexity index is 443. The summed E-state index contributed by atoms with van der Waals surface area (Å²) < 4.78 is 2.22. The fraction of sp³-hybridized carbons (Fsp3) is 0.417. The van der Waals surface area contributed by atoms with Crippen LogP contribution in [-0.2, 0) is 6.54 Å². The third kappa shape index (κ3) is 2.18. The molecule has 3 rings (SSSR count). The summed E-state index contributed by atoms with van der Waals surface area (Å²) in [7, 11) is 0. The molecule has 0 amide bonds. The van der Waals surface area contributed by atoms with E-state index in [1.807, 2.05) is 12.5 Å². The quantitative estimate of drug-likeness (QED) is 0.859. The maximum atomic E-state index is 4.23. The van der Waals surface area contributed by atoms with Gasteiger partial charge in [-0.05, 0) is 24.3 Å². The van der Waals surface area contributed by atoms with Gasteiger partial charge in [0.15, 0.2) is 0 Å². The van der Waals surface area contributed by atoms with Crippen LogP contribution in [0.4, 0.5) is 0 Å². The second-order valence-corrected chi connectivity index (χ2v) is 5.13. The average molecular weight is 233 g/mol. The van der Waals surface area contributed by atoms with Gasteiger partial charge in [-0.25, -0.2) is 4.98 Å². The summed E-state index contributed by atoms with van der Waals surface area (Å²) in [5.74, 6) is 0. The zero-order valence-corrected chi connectivity index (χ0v) is 9.91. The molecular weight excluding hydrogens is 218 g/mol. The molecule has 0 atom stereocenters. The van der Waals surface area contributed by atoms with Crippen molar-refractivity contribution in [2.45, 2.75) is 25.4 Å². The summed E-state index contributed by atoms with van der Waals surface area (Å²) in [5, 5.41) is 5.63. The fourth-order valence-corrected chi connectivity index (χ4v) is 2.56. The number of imidazole rings is 1. The van der Waals surface area contributed by atoms with E-state index in [0.717, 1.165) is 19.1 Å². The van der Waals surface area contributed by atoms with Gasteiger partial charge in [0.25, 0.3) is 0 Å². The maximum Gasteiger partial charge on any atom is 0.0951 e. The Labute approximate surface area is 99.1 Å². The molecule has 1 fully saturated rings. The largest absolute Gasteiger partial charge is 0.329 e. The van der Waals surface area contributed by atoms with Gasteiger partial charge in [0, 0.05) is 19.1 Å². The highest BCUT2D eigenvalue weighted by molar-refractivity contribution is 7.13. The number of rotatable bonds is 5. The van der Waals surface area contributed by atoms with E-state index < -0.39 is 0 Å². The summed E-state index contributed by atoms with van der Waals surface area (Å²) in [6.45, 7) is 2.04. The van der Waals surface area contributed by atoms with Crippen LogP contribution in [0.5, 0.6) is 0 Å². The molecule has 2 aromatic rings. The number of aromatic nitrogens is 2. The topological polar surface area (TPSA) is 29.9 Å². The molecule has 0 spiro atoms. The predicted molar refractivity (Wildman–Crippen MR) is 66.6 cm³/mol. The molecule has 0 bridgehead atoms. The highest BCUT2D eigenvalue weighted by Crippen LogP contribution is 2.24. The van der Waals surface area contributed by atoms with Crippen molar-refractivity contribution >= 4 is 11.3 Å². The Morgan fingerprint density at radius 3 is 3.19 bits per heavy atom. The van der Waals surface area contributed by atoms with E-state index in [9.17, 15) is 0 Å². The predicted octanol–water partition coefficient (Wildman–Crippen LogP) is 2.36. The van der Waals surface area contributed by atoms with Crippen LogP contribution in [0.3, 0.4) is 0 Å². The van der Waals surface area contributed by atoms with E-state index >= 15 is 0 Å². The summed E-state index contributed by atoms with van der Waals surface area (Å²) >= 11 is 1.77. The molecule has 3 nitrogen and oxygen atoms in total. The van der Waals surface area contributed by atoms with Gasteiger partial charge < -0.3 is 9.88 Å². The Hall–Kier alpha value is -1.13. The van der Waals surface area contributed by atoms with Crippen molar-refractivity contribution in [1.82, 2.24) is 14.9 Å². The number of nitrogens with zero attached hydrogens (tertiary/aromatic N) is 2. The molecule has 0 saturated heterocycles. The van der Waals surface area contributed by atoms with Crippen molar-refractivity contribution in [3.63, 3.8) is 0 Å². The van der Waals surface area contributed by atoms with Crippen molar-refractivity contribution in [2.24, 2.45) is 0 Å². The van der Waals surface area contributed by atoms with E-state index in [4.69, 9.17) is 0 Å². The molecule has 2 heterocycles. The highest BCUT2D eigenvalue weighted by Gasteiger charge is 2.19. The van der Waals surface area contributed by atoms with Crippen LogP contribution < -0.4 is 5.32 Å². The minimum Gasteiger partial charge on any atom is -0.329 e. The van der Waals surface area contributed by atoms with Crippen LogP contribution in [0.15, 0.2) is 30.0 Å². The van der Waals surface area contributed by atoms with E-state index in [-0.39, 0.29) is 0 Å². The fourth-order valence-electron chi connectivity index (χ4n) is 1.81. The van der Waals surface area contributed by atoms with Crippen LogP contribution in [0, 0.1) is 0 Å². The van der Waals surface area contributed by atoms with Gasteiger partial charge in [0.1, 0.15) is 0 Å². The van der Waals surface area contributed by atoms with Gasteiger partial charge in [0.2, 0.25) is 0 Å². The lowest BCUT2D eigenvalue weighted by atomic mass is 10.3. The van der Waals surface area contributed by atoms with E-state index in [0.29, 0.717) is 0 Å². The van der Waals surface area contributed by atoms with Crippen LogP contribution >= 0.6 is 11.3 Å². The SMILES string of the molecule is c1csc(-c2cncn2CCNC2CC2)c1. The zero-order valence-electron chi connectivity index (χ0n) is 9.10. The lowest BCUT2D eigenvalue weighted by molar-refractivity contribution is 0.598. The van der Waals surface area contributed by atoms with Gasteiger partial charge >= 0.3 is 0 Å². The van der Waals surface area contributed by atoms with Gasteiger partial charge in [-0.1, -0.05) is 6.07 Å². The monoisotopic (exact) mass is 233 g/mol. The summed E-state index contributed by atoms with van der Waals surface area (Å²) in [6, 6.07) is 5.01. The normalized spacial score (nSPS) is 15.5. The third-order valence-corrected chi connectivity index (χ3v) is 3.74. The lowest BCUT2D eigenvalue weighted by Gasteiger charge is -2.07. The number of thiophene rings is 1. The lowest BCUT2D eigenvalue weighted by Crippen LogP contribution is -2.21. The minimum absolute atomic E-state index is 0.786. The number of nitrogens with one attached hydrogen (secondary N) is 1. The molecule has 1 aliphatic rings. The molecule has 0 unspecified atom stereocenters. The van der Waals surface area contributed by atoms with Gasteiger partial charge in [-0.2, -0.15) is 0 Å². The smallest absolute Gasteiger partial charge is 0.0951 e. The van der Waals surface area contributed by atoms with E-state index in [1.54, 1.807) is 11.3 Å². The molecule has 1 aliphatic carbocycles. The molecule has 84 valence electrons.